The molecule has 6 heteroatoms. The van der Waals surface area contributed by atoms with E-state index < -0.39 is 6.04 Å². The van der Waals surface area contributed by atoms with Crippen LogP contribution in [0, 0.1) is 12.8 Å². The van der Waals surface area contributed by atoms with Crippen LogP contribution in [0.4, 0.5) is 0 Å². The lowest BCUT2D eigenvalue weighted by molar-refractivity contribution is -0.141. The zero-order valence-corrected chi connectivity index (χ0v) is 19.6. The van der Waals surface area contributed by atoms with Crippen LogP contribution >= 0.6 is 23.2 Å². The Bertz CT molecular complexity index is 883. The minimum Gasteiger partial charge on any atom is -0.354 e. The summed E-state index contributed by atoms with van der Waals surface area (Å²) in [6.07, 6.45) is 0.680. The van der Waals surface area contributed by atoms with E-state index in [1.165, 1.54) is 0 Å². The predicted octanol–water partition coefficient (Wildman–Crippen LogP) is 5.42. The monoisotopic (exact) mass is 448 g/mol. The number of carbonyl (C=O) groups excluding carboxylic acids is 2. The van der Waals surface area contributed by atoms with E-state index in [-0.39, 0.29) is 18.2 Å². The number of halogens is 2. The quantitative estimate of drug-likeness (QED) is 0.556. The van der Waals surface area contributed by atoms with Gasteiger partial charge in [-0.15, -0.1) is 0 Å². The second kappa shape index (κ2) is 11.4. The van der Waals surface area contributed by atoms with Crippen molar-refractivity contribution in [2.75, 3.05) is 6.54 Å². The van der Waals surface area contributed by atoms with Crippen molar-refractivity contribution in [3.8, 4) is 0 Å². The highest BCUT2D eigenvalue weighted by Gasteiger charge is 2.28. The van der Waals surface area contributed by atoms with Crippen molar-refractivity contribution < 1.29 is 9.59 Å². The summed E-state index contributed by atoms with van der Waals surface area (Å²) >= 11 is 12.1. The normalized spacial score (nSPS) is 12.0. The molecule has 4 nitrogen and oxygen atoms in total. The molecular formula is C24H30Cl2N2O2. The molecule has 30 heavy (non-hydrogen) atoms. The molecule has 0 aliphatic rings. The Morgan fingerprint density at radius 1 is 1.03 bits per heavy atom. The van der Waals surface area contributed by atoms with Crippen molar-refractivity contribution in [1.29, 1.82) is 0 Å². The minimum absolute atomic E-state index is 0.124. The summed E-state index contributed by atoms with van der Waals surface area (Å²) < 4.78 is 0. The Balaban J connectivity index is 2.29. The van der Waals surface area contributed by atoms with Gasteiger partial charge in [0, 0.05) is 13.1 Å². The zero-order valence-electron chi connectivity index (χ0n) is 18.0. The van der Waals surface area contributed by atoms with E-state index in [9.17, 15) is 9.59 Å². The molecule has 0 saturated heterocycles. The van der Waals surface area contributed by atoms with Crippen LogP contribution in [0.25, 0.3) is 0 Å². The summed E-state index contributed by atoms with van der Waals surface area (Å²) in [5, 5.41) is 3.83. The molecule has 2 rings (SSSR count). The van der Waals surface area contributed by atoms with Crippen LogP contribution in [0.15, 0.2) is 42.5 Å². The number of nitrogens with zero attached hydrogens (tertiary/aromatic N) is 1. The zero-order chi connectivity index (χ0) is 22.3. The maximum Gasteiger partial charge on any atom is 0.242 e. The number of rotatable bonds is 9. The van der Waals surface area contributed by atoms with Gasteiger partial charge in [0.1, 0.15) is 6.04 Å². The van der Waals surface area contributed by atoms with Gasteiger partial charge in [-0.1, -0.05) is 79.9 Å². The number of nitrogens with one attached hydrogen (secondary N) is 1. The Morgan fingerprint density at radius 3 is 2.37 bits per heavy atom. The fraction of sp³-hybridized carbons (Fsp3) is 0.417. The Labute approximate surface area is 189 Å². The van der Waals surface area contributed by atoms with Crippen LogP contribution in [0.3, 0.4) is 0 Å². The lowest BCUT2D eigenvalue weighted by Gasteiger charge is -2.31. The van der Waals surface area contributed by atoms with Crippen LogP contribution < -0.4 is 5.32 Å². The van der Waals surface area contributed by atoms with E-state index in [1.807, 2.05) is 52.0 Å². The third-order valence-corrected chi connectivity index (χ3v) is 5.58. The summed E-state index contributed by atoms with van der Waals surface area (Å²) in [4.78, 5) is 27.9. The highest BCUT2D eigenvalue weighted by atomic mass is 35.5. The summed E-state index contributed by atoms with van der Waals surface area (Å²) in [5.41, 5.74) is 2.87. The molecule has 1 N–H and O–H groups in total. The third kappa shape index (κ3) is 7.03. The van der Waals surface area contributed by atoms with Gasteiger partial charge in [0.2, 0.25) is 11.8 Å². The van der Waals surface area contributed by atoms with Gasteiger partial charge in [0.05, 0.1) is 16.5 Å². The molecular weight excluding hydrogens is 419 g/mol. The number of amides is 2. The first-order valence-electron chi connectivity index (χ1n) is 10.3. The van der Waals surface area contributed by atoms with Crippen molar-refractivity contribution in [3.05, 3.63) is 69.2 Å². The first-order chi connectivity index (χ1) is 14.2. The molecule has 0 radical (unpaired) electrons. The molecule has 0 aliphatic carbocycles. The predicted molar refractivity (Wildman–Crippen MR) is 124 cm³/mol. The number of benzene rings is 2. The molecule has 2 amide bonds. The molecule has 1 atom stereocenters. The van der Waals surface area contributed by atoms with E-state index in [0.29, 0.717) is 35.5 Å². The number of carbonyl (C=O) groups is 2. The molecule has 0 fully saturated rings. The van der Waals surface area contributed by atoms with Gasteiger partial charge in [0.25, 0.3) is 0 Å². The van der Waals surface area contributed by atoms with Gasteiger partial charge < -0.3 is 10.2 Å². The Kier molecular flexibility index (Phi) is 9.19. The van der Waals surface area contributed by atoms with Crippen LogP contribution in [-0.2, 0) is 22.6 Å². The number of aryl methyl sites for hydroxylation is 1. The van der Waals surface area contributed by atoms with E-state index in [1.54, 1.807) is 23.1 Å². The van der Waals surface area contributed by atoms with Crippen molar-refractivity contribution in [1.82, 2.24) is 10.2 Å². The van der Waals surface area contributed by atoms with Gasteiger partial charge in [-0.25, -0.2) is 0 Å². The topological polar surface area (TPSA) is 49.4 Å². The second-order valence-corrected chi connectivity index (χ2v) is 8.81. The summed E-state index contributed by atoms with van der Waals surface area (Å²) in [7, 11) is 0. The lowest BCUT2D eigenvalue weighted by Crippen LogP contribution is -2.50. The third-order valence-electron chi connectivity index (χ3n) is 4.85. The van der Waals surface area contributed by atoms with Crippen molar-refractivity contribution >= 4 is 35.0 Å². The van der Waals surface area contributed by atoms with Gasteiger partial charge in [-0.3, -0.25) is 9.59 Å². The molecule has 0 saturated carbocycles. The fourth-order valence-corrected chi connectivity index (χ4v) is 3.60. The SMILES string of the molecule is CC[C@H](C(=O)NCC(C)C)N(Cc1cccc(C)c1)C(=O)Cc1ccc(Cl)c(Cl)c1. The van der Waals surface area contributed by atoms with E-state index in [4.69, 9.17) is 23.2 Å². The fourth-order valence-electron chi connectivity index (χ4n) is 3.27. The molecule has 2 aromatic rings. The summed E-state index contributed by atoms with van der Waals surface area (Å²) in [6.45, 7) is 8.97. The first-order valence-corrected chi connectivity index (χ1v) is 11.0. The Morgan fingerprint density at radius 2 is 1.77 bits per heavy atom. The minimum atomic E-state index is -0.542. The van der Waals surface area contributed by atoms with Crippen molar-refractivity contribution in [2.45, 2.75) is 53.1 Å². The van der Waals surface area contributed by atoms with Gasteiger partial charge >= 0.3 is 0 Å². The molecule has 0 unspecified atom stereocenters. The molecule has 162 valence electrons. The van der Waals surface area contributed by atoms with Crippen LogP contribution in [-0.4, -0.2) is 29.3 Å². The highest BCUT2D eigenvalue weighted by Crippen LogP contribution is 2.23. The van der Waals surface area contributed by atoms with E-state index in [2.05, 4.69) is 5.32 Å². The van der Waals surface area contributed by atoms with Gasteiger partial charge in [-0.2, -0.15) is 0 Å². The van der Waals surface area contributed by atoms with Crippen LogP contribution in [0.5, 0.6) is 0 Å². The molecule has 0 aromatic heterocycles. The smallest absolute Gasteiger partial charge is 0.242 e. The number of hydrogen-bond acceptors (Lipinski definition) is 2. The second-order valence-electron chi connectivity index (χ2n) is 8.00. The standard InChI is InChI=1S/C24H30Cl2N2O2/c1-5-22(24(30)27-14-16(2)3)28(15-19-8-6-7-17(4)11-19)23(29)13-18-9-10-20(25)21(26)12-18/h6-12,16,22H,5,13-15H2,1-4H3,(H,27,30)/t22-/m1/s1. The van der Waals surface area contributed by atoms with Crippen LogP contribution in [0.2, 0.25) is 10.0 Å². The molecule has 0 bridgehead atoms. The summed E-state index contributed by atoms with van der Waals surface area (Å²) in [5.74, 6) is 0.0892. The number of hydrogen-bond donors (Lipinski definition) is 1. The van der Waals surface area contributed by atoms with Crippen LogP contribution in [0.1, 0.15) is 43.9 Å². The lowest BCUT2D eigenvalue weighted by atomic mass is 10.1. The average Bonchev–Trinajstić information content (AvgIpc) is 2.69. The molecule has 0 aliphatic heterocycles. The molecule has 2 aromatic carbocycles. The Hall–Kier alpha value is -2.04. The highest BCUT2D eigenvalue weighted by molar-refractivity contribution is 6.42. The largest absolute Gasteiger partial charge is 0.354 e. The van der Waals surface area contributed by atoms with Crippen molar-refractivity contribution in [3.63, 3.8) is 0 Å². The average molecular weight is 449 g/mol. The van der Waals surface area contributed by atoms with Gasteiger partial charge in [-0.05, 0) is 42.5 Å². The maximum absolute atomic E-state index is 13.3. The first kappa shape index (κ1) is 24.2. The molecule has 0 heterocycles. The summed E-state index contributed by atoms with van der Waals surface area (Å²) in [6, 6.07) is 12.6. The van der Waals surface area contributed by atoms with Gasteiger partial charge in [0.15, 0.2) is 0 Å². The van der Waals surface area contributed by atoms with Crippen molar-refractivity contribution in [2.24, 2.45) is 5.92 Å². The maximum atomic E-state index is 13.3. The van der Waals surface area contributed by atoms with E-state index >= 15 is 0 Å². The van der Waals surface area contributed by atoms with E-state index in [0.717, 1.165) is 16.7 Å². The molecule has 0 spiro atoms.